The molecule has 0 radical (unpaired) electrons. The van der Waals surface area contributed by atoms with Crippen molar-refractivity contribution in [2.45, 2.75) is 36.6 Å². The van der Waals surface area contributed by atoms with Crippen LogP contribution < -0.4 is 10.1 Å². The number of para-hydroxylation sites is 1. The average Bonchev–Trinajstić information content (AvgIpc) is 3.23. The fourth-order valence-electron chi connectivity index (χ4n) is 2.05. The summed E-state index contributed by atoms with van der Waals surface area (Å²) in [7, 11) is 0. The van der Waals surface area contributed by atoms with E-state index >= 15 is 0 Å². The molecule has 0 saturated carbocycles. The van der Waals surface area contributed by atoms with Gasteiger partial charge in [-0.1, -0.05) is 41.3 Å². The van der Waals surface area contributed by atoms with Crippen molar-refractivity contribution in [2.75, 3.05) is 5.32 Å². The Balaban J connectivity index is 1.55. The monoisotopic (exact) mass is 361 g/mol. The van der Waals surface area contributed by atoms with Crippen molar-refractivity contribution in [3.8, 4) is 5.75 Å². The number of benzene rings is 1. The second-order valence-corrected chi connectivity index (χ2v) is 7.57. The number of aromatic nitrogens is 2. The first-order valence-corrected chi connectivity index (χ1v) is 9.48. The molecule has 5 nitrogen and oxygen atoms in total. The highest BCUT2D eigenvalue weighted by molar-refractivity contribution is 8.00. The van der Waals surface area contributed by atoms with Gasteiger partial charge in [0.15, 0.2) is 4.34 Å². The zero-order valence-corrected chi connectivity index (χ0v) is 15.2. The van der Waals surface area contributed by atoms with E-state index in [1.54, 1.807) is 29.4 Å². The molecule has 2 heterocycles. The van der Waals surface area contributed by atoms with E-state index in [2.05, 4.69) is 21.6 Å². The van der Waals surface area contributed by atoms with Crippen LogP contribution >= 0.6 is 23.1 Å². The number of nitrogens with zero attached hydrogens (tertiary/aromatic N) is 2. The molecule has 7 heteroatoms. The van der Waals surface area contributed by atoms with Gasteiger partial charge in [0, 0.05) is 11.3 Å². The minimum atomic E-state index is 0.162. The third-order valence-corrected chi connectivity index (χ3v) is 5.15. The van der Waals surface area contributed by atoms with Crippen LogP contribution in [0.15, 0.2) is 51.4 Å². The van der Waals surface area contributed by atoms with Gasteiger partial charge in [-0.15, -0.1) is 10.2 Å². The van der Waals surface area contributed by atoms with E-state index < -0.39 is 0 Å². The molecule has 126 valence electrons. The minimum absolute atomic E-state index is 0.162. The van der Waals surface area contributed by atoms with Gasteiger partial charge in [0.25, 0.3) is 0 Å². The van der Waals surface area contributed by atoms with Crippen molar-refractivity contribution in [3.05, 3.63) is 54.0 Å². The molecule has 2 aromatic heterocycles. The average molecular weight is 361 g/mol. The number of furan rings is 1. The quantitative estimate of drug-likeness (QED) is 0.580. The molecule has 0 unspecified atom stereocenters. The Bertz CT molecular complexity index is 757. The third kappa shape index (κ3) is 4.75. The highest BCUT2D eigenvalue weighted by atomic mass is 32.2. The Morgan fingerprint density at radius 1 is 1.21 bits per heavy atom. The summed E-state index contributed by atoms with van der Waals surface area (Å²) < 4.78 is 12.1. The maximum absolute atomic E-state index is 5.85. The van der Waals surface area contributed by atoms with Crippen molar-refractivity contribution in [2.24, 2.45) is 0 Å². The molecule has 0 amide bonds. The molecule has 0 fully saturated rings. The van der Waals surface area contributed by atoms with E-state index in [0.717, 1.165) is 32.3 Å². The van der Waals surface area contributed by atoms with Gasteiger partial charge < -0.3 is 14.5 Å². The summed E-state index contributed by atoms with van der Waals surface area (Å²) >= 11 is 3.20. The van der Waals surface area contributed by atoms with Gasteiger partial charge >= 0.3 is 0 Å². The van der Waals surface area contributed by atoms with E-state index in [0.29, 0.717) is 6.54 Å². The summed E-state index contributed by atoms with van der Waals surface area (Å²) in [6.07, 6.45) is 1.82. The number of hydrogen-bond donors (Lipinski definition) is 1. The normalized spacial score (nSPS) is 11.0. The zero-order chi connectivity index (χ0) is 16.8. The number of hydrogen-bond acceptors (Lipinski definition) is 7. The van der Waals surface area contributed by atoms with E-state index in [1.165, 1.54) is 0 Å². The van der Waals surface area contributed by atoms with Crippen LogP contribution in [-0.2, 0) is 12.3 Å². The lowest BCUT2D eigenvalue weighted by Gasteiger charge is -2.13. The molecule has 24 heavy (non-hydrogen) atoms. The van der Waals surface area contributed by atoms with Gasteiger partial charge in [0.05, 0.1) is 18.9 Å². The van der Waals surface area contributed by atoms with Crippen LogP contribution in [0.3, 0.4) is 0 Å². The first kappa shape index (κ1) is 16.9. The highest BCUT2D eigenvalue weighted by Crippen LogP contribution is 2.31. The lowest BCUT2D eigenvalue weighted by atomic mass is 10.2. The van der Waals surface area contributed by atoms with Crippen molar-refractivity contribution in [1.82, 2.24) is 10.2 Å². The molecule has 0 atom stereocenters. The standard InChI is InChI=1S/C17H19N3O2S2/c1-12(2)22-15-8-4-3-6-13(15)11-23-17-20-19-16(24-17)18-10-14-7-5-9-21-14/h3-9,12H,10-11H2,1-2H3,(H,18,19). The Morgan fingerprint density at radius 2 is 2.08 bits per heavy atom. The fraction of sp³-hybridized carbons (Fsp3) is 0.294. The lowest BCUT2D eigenvalue weighted by Crippen LogP contribution is -2.07. The Kier molecular flexibility index (Phi) is 5.77. The van der Waals surface area contributed by atoms with Crippen molar-refractivity contribution in [1.29, 1.82) is 0 Å². The minimum Gasteiger partial charge on any atom is -0.491 e. The van der Waals surface area contributed by atoms with Crippen LogP contribution in [0.5, 0.6) is 5.75 Å². The van der Waals surface area contributed by atoms with Crippen LogP contribution in [0, 0.1) is 0 Å². The Labute approximate surface area is 149 Å². The van der Waals surface area contributed by atoms with Crippen molar-refractivity contribution in [3.63, 3.8) is 0 Å². The lowest BCUT2D eigenvalue weighted by molar-refractivity contribution is 0.240. The van der Waals surface area contributed by atoms with E-state index in [-0.39, 0.29) is 6.10 Å². The first-order chi connectivity index (χ1) is 11.7. The summed E-state index contributed by atoms with van der Waals surface area (Å²) in [6.45, 7) is 4.68. The van der Waals surface area contributed by atoms with Gasteiger partial charge in [-0.2, -0.15) is 0 Å². The van der Waals surface area contributed by atoms with E-state index in [9.17, 15) is 0 Å². The molecule has 1 N–H and O–H groups in total. The number of ether oxygens (including phenoxy) is 1. The molecule has 0 aliphatic carbocycles. The molecule has 0 spiro atoms. The van der Waals surface area contributed by atoms with E-state index in [4.69, 9.17) is 9.15 Å². The summed E-state index contributed by atoms with van der Waals surface area (Å²) in [6, 6.07) is 11.9. The first-order valence-electron chi connectivity index (χ1n) is 7.68. The predicted molar refractivity (Wildman–Crippen MR) is 97.7 cm³/mol. The fourth-order valence-corrected chi connectivity index (χ4v) is 3.79. The third-order valence-electron chi connectivity index (χ3n) is 3.09. The van der Waals surface area contributed by atoms with E-state index in [1.807, 2.05) is 44.2 Å². The van der Waals surface area contributed by atoms with Crippen LogP contribution in [-0.4, -0.2) is 16.3 Å². The molecule has 3 rings (SSSR count). The summed E-state index contributed by atoms with van der Waals surface area (Å²) in [5, 5.41) is 12.4. The SMILES string of the molecule is CC(C)Oc1ccccc1CSc1nnc(NCc2ccco2)s1. The molecule has 3 aromatic rings. The molecule has 0 aliphatic heterocycles. The molecule has 0 bridgehead atoms. The maximum atomic E-state index is 5.85. The smallest absolute Gasteiger partial charge is 0.206 e. The molecule has 0 saturated heterocycles. The second-order valence-electron chi connectivity index (χ2n) is 5.37. The second kappa shape index (κ2) is 8.21. The maximum Gasteiger partial charge on any atom is 0.206 e. The van der Waals surface area contributed by atoms with Crippen molar-refractivity contribution < 1.29 is 9.15 Å². The molecular formula is C17H19N3O2S2. The van der Waals surface area contributed by atoms with Crippen LogP contribution in [0.25, 0.3) is 0 Å². The highest BCUT2D eigenvalue weighted by Gasteiger charge is 2.09. The summed E-state index contributed by atoms with van der Waals surface area (Å²) in [5.74, 6) is 2.61. The van der Waals surface area contributed by atoms with Gasteiger partial charge in [0.2, 0.25) is 5.13 Å². The summed E-state index contributed by atoms with van der Waals surface area (Å²) in [4.78, 5) is 0. The molecule has 1 aromatic carbocycles. The predicted octanol–water partition coefficient (Wildman–Crippen LogP) is 4.82. The molecule has 0 aliphatic rings. The van der Waals surface area contributed by atoms with Gasteiger partial charge in [-0.25, -0.2) is 0 Å². The topological polar surface area (TPSA) is 60.2 Å². The number of nitrogens with one attached hydrogen (secondary N) is 1. The van der Waals surface area contributed by atoms with Gasteiger partial charge in [-0.3, -0.25) is 0 Å². The van der Waals surface area contributed by atoms with Crippen LogP contribution in [0.1, 0.15) is 25.2 Å². The summed E-state index contributed by atoms with van der Waals surface area (Å²) in [5.41, 5.74) is 1.16. The van der Waals surface area contributed by atoms with Crippen LogP contribution in [0.4, 0.5) is 5.13 Å². The van der Waals surface area contributed by atoms with Gasteiger partial charge in [0.1, 0.15) is 11.5 Å². The van der Waals surface area contributed by atoms with Gasteiger partial charge in [-0.05, 0) is 32.0 Å². The number of thioether (sulfide) groups is 1. The van der Waals surface area contributed by atoms with Crippen molar-refractivity contribution >= 4 is 28.2 Å². The zero-order valence-electron chi connectivity index (χ0n) is 13.6. The Hall–Kier alpha value is -1.99. The number of anilines is 1. The molecular weight excluding hydrogens is 342 g/mol. The van der Waals surface area contributed by atoms with Crippen LogP contribution in [0.2, 0.25) is 0 Å². The largest absolute Gasteiger partial charge is 0.491 e. The number of rotatable bonds is 8. The Morgan fingerprint density at radius 3 is 2.88 bits per heavy atom.